The first kappa shape index (κ1) is 18.3. The second-order valence-corrected chi connectivity index (χ2v) is 6.69. The van der Waals surface area contributed by atoms with E-state index in [0.29, 0.717) is 55.3 Å². The molecule has 2 N–H and O–H groups in total. The lowest BCUT2D eigenvalue weighted by Gasteiger charge is -2.42. The summed E-state index contributed by atoms with van der Waals surface area (Å²) in [5, 5.41) is 9.51. The van der Waals surface area contributed by atoms with Crippen molar-refractivity contribution in [2.45, 2.75) is 18.4 Å². The molecule has 1 aromatic carbocycles. The summed E-state index contributed by atoms with van der Waals surface area (Å²) in [7, 11) is 0. The van der Waals surface area contributed by atoms with Gasteiger partial charge in [0.2, 0.25) is 0 Å². The fraction of sp³-hybridized carbons (Fsp3) is 0.368. The van der Waals surface area contributed by atoms with Gasteiger partial charge in [-0.2, -0.15) is 5.26 Å². The second-order valence-electron chi connectivity index (χ2n) is 6.28. The molecule has 7 heteroatoms. The number of nitrogens with zero attached hydrogens (tertiary/aromatic N) is 3. The summed E-state index contributed by atoms with van der Waals surface area (Å²) in [5.74, 6) is -0.0517. The summed E-state index contributed by atoms with van der Waals surface area (Å²) in [6.45, 7) is 5.97. The van der Waals surface area contributed by atoms with E-state index in [9.17, 15) is 4.79 Å². The number of amides is 1. The number of nitriles is 1. The Labute approximate surface area is 158 Å². The van der Waals surface area contributed by atoms with Crippen molar-refractivity contribution in [1.29, 1.82) is 5.26 Å². The van der Waals surface area contributed by atoms with Crippen molar-refractivity contribution >= 4 is 17.5 Å². The summed E-state index contributed by atoms with van der Waals surface area (Å²) in [5.41, 5.74) is 6.70. The van der Waals surface area contributed by atoms with E-state index in [-0.39, 0.29) is 5.91 Å². The average Bonchev–Trinajstić information content (AvgIpc) is 3.07. The Balaban J connectivity index is 2.15. The zero-order valence-corrected chi connectivity index (χ0v) is 15.2. The Morgan fingerprint density at radius 3 is 2.73 bits per heavy atom. The van der Waals surface area contributed by atoms with Gasteiger partial charge in [-0.3, -0.25) is 4.79 Å². The van der Waals surface area contributed by atoms with E-state index < -0.39 is 5.54 Å². The Hall–Kier alpha value is -2.49. The fourth-order valence-electron chi connectivity index (χ4n) is 3.77. The number of ether oxygens (including phenoxy) is 1. The van der Waals surface area contributed by atoms with E-state index in [1.54, 1.807) is 29.3 Å². The molecule has 0 spiro atoms. The van der Waals surface area contributed by atoms with Crippen molar-refractivity contribution in [2.24, 2.45) is 5.73 Å². The molecule has 2 fully saturated rings. The van der Waals surface area contributed by atoms with E-state index in [0.717, 1.165) is 5.70 Å². The van der Waals surface area contributed by atoms with Crippen LogP contribution < -0.4 is 5.73 Å². The predicted molar refractivity (Wildman–Crippen MR) is 98.8 cm³/mol. The highest BCUT2D eigenvalue weighted by Crippen LogP contribution is 2.47. The molecule has 2 saturated heterocycles. The van der Waals surface area contributed by atoms with Gasteiger partial charge in [-0.05, 0) is 31.2 Å². The first-order valence-electron chi connectivity index (χ1n) is 8.48. The third-order valence-corrected chi connectivity index (χ3v) is 5.35. The van der Waals surface area contributed by atoms with Crippen LogP contribution in [0, 0.1) is 11.3 Å². The SMILES string of the molecule is C=CN1/C(=C\N)CCC1(C(=O)N1CCOCC1)c1ccc(C#N)cc1Cl. The molecule has 0 radical (unpaired) electrons. The predicted octanol–water partition coefficient (Wildman–Crippen LogP) is 2.31. The molecule has 1 aromatic rings. The number of carbonyl (C=O) groups is 1. The molecule has 3 rings (SSSR count). The van der Waals surface area contributed by atoms with Gasteiger partial charge in [0.1, 0.15) is 0 Å². The number of carbonyl (C=O) groups excluding carboxylic acids is 1. The number of hydrogen-bond acceptors (Lipinski definition) is 5. The molecule has 2 aliphatic rings. The maximum Gasteiger partial charge on any atom is 0.253 e. The number of allylic oxidation sites excluding steroid dienone is 1. The molecule has 6 nitrogen and oxygen atoms in total. The van der Waals surface area contributed by atoms with Crippen molar-refractivity contribution in [3.8, 4) is 6.07 Å². The molecule has 136 valence electrons. The van der Waals surface area contributed by atoms with Crippen LogP contribution in [-0.2, 0) is 15.1 Å². The lowest BCUT2D eigenvalue weighted by molar-refractivity contribution is -0.146. The molecule has 0 aromatic heterocycles. The number of nitrogens with two attached hydrogens (primary N) is 1. The van der Waals surface area contributed by atoms with Crippen LogP contribution in [0.2, 0.25) is 5.02 Å². The smallest absolute Gasteiger partial charge is 0.253 e. The highest BCUT2D eigenvalue weighted by molar-refractivity contribution is 6.32. The third kappa shape index (κ3) is 2.83. The van der Waals surface area contributed by atoms with Gasteiger partial charge in [0.25, 0.3) is 5.91 Å². The number of halogens is 1. The maximum atomic E-state index is 13.6. The van der Waals surface area contributed by atoms with Crippen LogP contribution in [0.15, 0.2) is 42.9 Å². The van der Waals surface area contributed by atoms with Crippen molar-refractivity contribution in [2.75, 3.05) is 26.3 Å². The standard InChI is InChI=1S/C19H21ClN4O2/c1-2-24-15(13-22)5-6-19(24,18(25)23-7-9-26-10-8-23)16-4-3-14(12-21)11-17(16)20/h2-4,11,13H,1,5-10,22H2/b15-13-. The number of morpholine rings is 1. The number of hydrogen-bond donors (Lipinski definition) is 1. The topological polar surface area (TPSA) is 82.6 Å². The van der Waals surface area contributed by atoms with Gasteiger partial charge in [0.15, 0.2) is 5.54 Å². The minimum absolute atomic E-state index is 0.0517. The van der Waals surface area contributed by atoms with Crippen LogP contribution >= 0.6 is 11.6 Å². The van der Waals surface area contributed by atoms with Gasteiger partial charge in [-0.25, -0.2) is 0 Å². The zero-order chi connectivity index (χ0) is 18.7. The lowest BCUT2D eigenvalue weighted by atomic mass is 9.85. The van der Waals surface area contributed by atoms with Crippen molar-refractivity contribution in [3.05, 3.63) is 59.0 Å². The van der Waals surface area contributed by atoms with Crippen LogP contribution in [0.25, 0.3) is 0 Å². The molecular formula is C19H21ClN4O2. The molecule has 0 bridgehead atoms. The largest absolute Gasteiger partial charge is 0.403 e. The van der Waals surface area contributed by atoms with Gasteiger partial charge in [0, 0.05) is 35.6 Å². The van der Waals surface area contributed by atoms with E-state index in [2.05, 4.69) is 12.6 Å². The van der Waals surface area contributed by atoms with Crippen molar-refractivity contribution < 1.29 is 9.53 Å². The molecular weight excluding hydrogens is 352 g/mol. The first-order chi connectivity index (χ1) is 12.6. The first-order valence-corrected chi connectivity index (χ1v) is 8.86. The van der Waals surface area contributed by atoms with Crippen LogP contribution in [0.1, 0.15) is 24.0 Å². The molecule has 1 atom stereocenters. The van der Waals surface area contributed by atoms with Crippen LogP contribution in [0.5, 0.6) is 0 Å². The molecule has 1 amide bonds. The van der Waals surface area contributed by atoms with Crippen LogP contribution in [0.4, 0.5) is 0 Å². The van der Waals surface area contributed by atoms with E-state index in [1.807, 2.05) is 4.90 Å². The van der Waals surface area contributed by atoms with Gasteiger partial charge in [0.05, 0.1) is 24.8 Å². The summed E-state index contributed by atoms with van der Waals surface area (Å²) in [6, 6.07) is 7.11. The minimum Gasteiger partial charge on any atom is -0.403 e. The Bertz CT molecular complexity index is 795. The molecule has 2 aliphatic heterocycles. The Morgan fingerprint density at radius 1 is 1.42 bits per heavy atom. The molecule has 0 saturated carbocycles. The lowest BCUT2D eigenvalue weighted by Crippen LogP contribution is -2.55. The Morgan fingerprint density at radius 2 is 2.15 bits per heavy atom. The minimum atomic E-state index is -1.02. The van der Waals surface area contributed by atoms with Gasteiger partial charge in [-0.15, -0.1) is 0 Å². The van der Waals surface area contributed by atoms with Gasteiger partial charge < -0.3 is 20.3 Å². The fourth-order valence-corrected chi connectivity index (χ4v) is 4.11. The van der Waals surface area contributed by atoms with Crippen LogP contribution in [0.3, 0.4) is 0 Å². The Kier molecular flexibility index (Phi) is 5.21. The second kappa shape index (κ2) is 7.40. The molecule has 0 aliphatic carbocycles. The zero-order valence-electron chi connectivity index (χ0n) is 14.4. The molecule has 1 unspecified atom stereocenters. The summed E-state index contributed by atoms with van der Waals surface area (Å²) >= 11 is 6.52. The summed E-state index contributed by atoms with van der Waals surface area (Å²) in [4.78, 5) is 17.3. The number of benzene rings is 1. The van der Waals surface area contributed by atoms with Gasteiger partial charge in [-0.1, -0.05) is 24.2 Å². The van der Waals surface area contributed by atoms with Crippen LogP contribution in [-0.4, -0.2) is 42.0 Å². The summed E-state index contributed by atoms with van der Waals surface area (Å²) < 4.78 is 5.38. The monoisotopic (exact) mass is 372 g/mol. The summed E-state index contributed by atoms with van der Waals surface area (Å²) in [6.07, 6.45) is 4.30. The highest BCUT2D eigenvalue weighted by Gasteiger charge is 2.52. The molecule has 26 heavy (non-hydrogen) atoms. The van der Waals surface area contributed by atoms with E-state index >= 15 is 0 Å². The van der Waals surface area contributed by atoms with E-state index in [4.69, 9.17) is 27.3 Å². The van der Waals surface area contributed by atoms with E-state index in [1.165, 1.54) is 6.20 Å². The highest BCUT2D eigenvalue weighted by atomic mass is 35.5. The number of rotatable bonds is 3. The van der Waals surface area contributed by atoms with Gasteiger partial charge >= 0.3 is 0 Å². The quantitative estimate of drug-likeness (QED) is 0.880. The molecule has 2 heterocycles. The number of likely N-dealkylation sites (tertiary alicyclic amines) is 1. The maximum absolute atomic E-state index is 13.6. The van der Waals surface area contributed by atoms with Crippen molar-refractivity contribution in [1.82, 2.24) is 9.80 Å². The average molecular weight is 373 g/mol. The normalized spacial score (nSPS) is 24.5. The third-order valence-electron chi connectivity index (χ3n) is 5.03. The van der Waals surface area contributed by atoms with Crippen molar-refractivity contribution in [3.63, 3.8) is 0 Å².